The Morgan fingerprint density at radius 2 is 1.89 bits per heavy atom. The van der Waals surface area contributed by atoms with Gasteiger partial charge in [-0.05, 0) is 72.2 Å². The van der Waals surface area contributed by atoms with E-state index >= 15 is 0 Å². The number of halogens is 2. The summed E-state index contributed by atoms with van der Waals surface area (Å²) in [6.45, 7) is 0. The summed E-state index contributed by atoms with van der Waals surface area (Å²) in [4.78, 5) is 13.4. The number of nitriles is 1. The molecule has 3 aromatic carbocycles. The molecule has 6 nitrogen and oxygen atoms in total. The number of ether oxygens (including phenoxy) is 1. The smallest absolute Gasteiger partial charge is 0.273 e. The van der Waals surface area contributed by atoms with E-state index in [9.17, 15) is 10.1 Å². The molecule has 4 aromatic rings. The maximum atomic E-state index is 13.4. The zero-order chi connectivity index (χ0) is 24.8. The molecule has 0 saturated heterocycles. The average Bonchev–Trinajstić information content (AvgIpc) is 3.59. The number of aromatic nitrogens is 2. The second-order valence-electron chi connectivity index (χ2n) is 9.51. The fraction of sp³-hybridized carbons (Fsp3) is 0.250. The SMILES string of the molecule is N#Cc1c(C(=O)NC2CC3CCC2C3)nn(-c2ccc(Cl)cc2Cl)c1Oc1ccc2ccccc2c1. The maximum absolute atomic E-state index is 13.4. The molecule has 1 N–H and O–H groups in total. The average molecular weight is 517 g/mol. The van der Waals surface area contributed by atoms with E-state index in [4.69, 9.17) is 27.9 Å². The number of benzene rings is 3. The summed E-state index contributed by atoms with van der Waals surface area (Å²) in [5, 5.41) is 20.6. The van der Waals surface area contributed by atoms with E-state index in [1.54, 1.807) is 18.2 Å². The van der Waals surface area contributed by atoms with Gasteiger partial charge in [-0.25, -0.2) is 0 Å². The molecule has 2 aliphatic rings. The number of carbonyl (C=O) groups excluding carboxylic acids is 1. The third kappa shape index (κ3) is 4.09. The molecule has 2 fully saturated rings. The van der Waals surface area contributed by atoms with E-state index in [1.807, 2.05) is 42.5 Å². The lowest BCUT2D eigenvalue weighted by molar-refractivity contribution is 0.0917. The third-order valence-electron chi connectivity index (χ3n) is 7.30. The molecule has 3 unspecified atom stereocenters. The first-order valence-corrected chi connectivity index (χ1v) is 12.7. The van der Waals surface area contributed by atoms with Crippen LogP contribution in [0.3, 0.4) is 0 Å². The van der Waals surface area contributed by atoms with Gasteiger partial charge in [0.15, 0.2) is 5.69 Å². The van der Waals surface area contributed by atoms with Gasteiger partial charge in [-0.3, -0.25) is 4.79 Å². The Kier molecular flexibility index (Phi) is 5.83. The zero-order valence-electron chi connectivity index (χ0n) is 19.2. The van der Waals surface area contributed by atoms with E-state index < -0.39 is 0 Å². The van der Waals surface area contributed by atoms with Gasteiger partial charge in [0.2, 0.25) is 5.88 Å². The van der Waals surface area contributed by atoms with Crippen molar-refractivity contribution in [3.8, 4) is 23.4 Å². The Morgan fingerprint density at radius 3 is 2.61 bits per heavy atom. The highest BCUT2D eigenvalue weighted by Crippen LogP contribution is 2.44. The van der Waals surface area contributed by atoms with Crippen LogP contribution in [0.2, 0.25) is 10.0 Å². The number of hydrogen-bond acceptors (Lipinski definition) is 4. The summed E-state index contributed by atoms with van der Waals surface area (Å²) in [5.74, 6) is 1.42. The molecule has 36 heavy (non-hydrogen) atoms. The van der Waals surface area contributed by atoms with Crippen molar-refractivity contribution < 1.29 is 9.53 Å². The van der Waals surface area contributed by atoms with Crippen LogP contribution in [-0.2, 0) is 0 Å². The van der Waals surface area contributed by atoms with Gasteiger partial charge in [0.05, 0.1) is 10.7 Å². The van der Waals surface area contributed by atoms with Crippen molar-refractivity contribution in [2.75, 3.05) is 0 Å². The van der Waals surface area contributed by atoms with Crippen LogP contribution in [0.4, 0.5) is 0 Å². The van der Waals surface area contributed by atoms with Crippen LogP contribution in [0.15, 0.2) is 60.7 Å². The number of nitrogens with zero attached hydrogens (tertiary/aromatic N) is 3. The van der Waals surface area contributed by atoms with Crippen molar-refractivity contribution in [2.24, 2.45) is 11.8 Å². The fourth-order valence-electron chi connectivity index (χ4n) is 5.57. The van der Waals surface area contributed by atoms with E-state index in [0.29, 0.717) is 33.3 Å². The first-order valence-electron chi connectivity index (χ1n) is 12.0. The highest BCUT2D eigenvalue weighted by Gasteiger charge is 2.41. The van der Waals surface area contributed by atoms with Crippen molar-refractivity contribution in [1.29, 1.82) is 5.26 Å². The number of carbonyl (C=O) groups is 1. The van der Waals surface area contributed by atoms with Crippen molar-refractivity contribution in [1.82, 2.24) is 15.1 Å². The van der Waals surface area contributed by atoms with Gasteiger partial charge >= 0.3 is 0 Å². The monoisotopic (exact) mass is 516 g/mol. The zero-order valence-corrected chi connectivity index (χ0v) is 20.8. The molecule has 1 heterocycles. The van der Waals surface area contributed by atoms with Crippen LogP contribution in [0.25, 0.3) is 16.5 Å². The summed E-state index contributed by atoms with van der Waals surface area (Å²) in [6.07, 6.45) is 4.49. The number of nitrogens with one attached hydrogen (secondary N) is 1. The standard InChI is InChI=1S/C28H22Cl2N4O2/c29-20-8-10-25(23(30)14-20)34-28(36-21-9-7-17-3-1-2-4-18(17)13-21)22(15-31)26(33-34)27(35)32-24-12-16-5-6-19(24)11-16/h1-4,7-10,13-14,16,19,24H,5-6,11-12H2,(H,32,35). The molecule has 0 spiro atoms. The van der Waals surface area contributed by atoms with Crippen molar-refractivity contribution in [3.63, 3.8) is 0 Å². The molecule has 2 bridgehead atoms. The van der Waals surface area contributed by atoms with Crippen LogP contribution in [0.5, 0.6) is 11.6 Å². The Morgan fingerprint density at radius 1 is 1.06 bits per heavy atom. The highest BCUT2D eigenvalue weighted by atomic mass is 35.5. The minimum Gasteiger partial charge on any atom is -0.438 e. The van der Waals surface area contributed by atoms with E-state index in [0.717, 1.165) is 30.0 Å². The van der Waals surface area contributed by atoms with Crippen LogP contribution < -0.4 is 10.1 Å². The number of hydrogen-bond donors (Lipinski definition) is 1. The second-order valence-corrected chi connectivity index (χ2v) is 10.4. The maximum Gasteiger partial charge on any atom is 0.273 e. The summed E-state index contributed by atoms with van der Waals surface area (Å²) in [7, 11) is 0. The lowest BCUT2D eigenvalue weighted by atomic mass is 9.95. The van der Waals surface area contributed by atoms with Crippen LogP contribution in [0, 0.1) is 23.2 Å². The van der Waals surface area contributed by atoms with Crippen LogP contribution >= 0.6 is 23.2 Å². The van der Waals surface area contributed by atoms with Gasteiger partial charge in [-0.15, -0.1) is 0 Å². The lowest BCUT2D eigenvalue weighted by Crippen LogP contribution is -2.39. The van der Waals surface area contributed by atoms with Gasteiger partial charge in [-0.2, -0.15) is 15.0 Å². The van der Waals surface area contributed by atoms with E-state index in [-0.39, 0.29) is 29.1 Å². The number of rotatable bonds is 5. The predicted molar refractivity (Wildman–Crippen MR) is 139 cm³/mol. The van der Waals surface area contributed by atoms with E-state index in [2.05, 4.69) is 16.5 Å². The Labute approximate surface area is 218 Å². The Bertz CT molecular complexity index is 1540. The minimum absolute atomic E-state index is 0.0158. The van der Waals surface area contributed by atoms with Crippen LogP contribution in [-0.4, -0.2) is 21.7 Å². The molecular formula is C28H22Cl2N4O2. The minimum atomic E-state index is -0.378. The first kappa shape index (κ1) is 22.9. The summed E-state index contributed by atoms with van der Waals surface area (Å²) < 4.78 is 7.64. The highest BCUT2D eigenvalue weighted by molar-refractivity contribution is 6.35. The third-order valence-corrected chi connectivity index (χ3v) is 7.84. The van der Waals surface area contributed by atoms with Crippen molar-refractivity contribution >= 4 is 39.9 Å². The second kappa shape index (κ2) is 9.16. The van der Waals surface area contributed by atoms with Crippen molar-refractivity contribution in [3.05, 3.63) is 82.0 Å². The van der Waals surface area contributed by atoms with E-state index in [1.165, 1.54) is 11.1 Å². The molecular weight excluding hydrogens is 495 g/mol. The predicted octanol–water partition coefficient (Wildman–Crippen LogP) is 6.91. The van der Waals surface area contributed by atoms with Gasteiger partial charge in [-0.1, -0.05) is 60.0 Å². The van der Waals surface area contributed by atoms with Crippen molar-refractivity contribution in [2.45, 2.75) is 31.7 Å². The topological polar surface area (TPSA) is 79.9 Å². The molecule has 0 radical (unpaired) electrons. The van der Waals surface area contributed by atoms with Gasteiger partial charge in [0, 0.05) is 11.1 Å². The van der Waals surface area contributed by atoms with Crippen LogP contribution in [0.1, 0.15) is 41.7 Å². The summed E-state index contributed by atoms with van der Waals surface area (Å²) in [5.41, 5.74) is 0.518. The molecule has 8 heteroatoms. The molecule has 1 aromatic heterocycles. The van der Waals surface area contributed by atoms with Gasteiger partial charge in [0.25, 0.3) is 5.91 Å². The van der Waals surface area contributed by atoms with Gasteiger partial charge in [0.1, 0.15) is 17.4 Å². The molecule has 2 saturated carbocycles. The quantitative estimate of drug-likeness (QED) is 0.312. The largest absolute Gasteiger partial charge is 0.438 e. The lowest BCUT2D eigenvalue weighted by Gasteiger charge is -2.22. The number of amides is 1. The normalized spacial score (nSPS) is 20.4. The summed E-state index contributed by atoms with van der Waals surface area (Å²) in [6, 6.07) is 20.7. The molecule has 6 rings (SSSR count). The fourth-order valence-corrected chi connectivity index (χ4v) is 6.06. The number of fused-ring (bicyclic) bond motifs is 3. The molecule has 3 atom stereocenters. The molecule has 1 amide bonds. The molecule has 2 aliphatic carbocycles. The first-order chi connectivity index (χ1) is 17.5. The summed E-state index contributed by atoms with van der Waals surface area (Å²) >= 11 is 12.6. The Hall–Kier alpha value is -3.53. The molecule has 0 aliphatic heterocycles. The Balaban J connectivity index is 1.42. The molecule has 180 valence electrons. The van der Waals surface area contributed by atoms with Gasteiger partial charge < -0.3 is 10.1 Å².